The second-order valence-electron chi connectivity index (χ2n) is 4.32. The summed E-state index contributed by atoms with van der Waals surface area (Å²) in [7, 11) is 1.63. The molecule has 0 aromatic carbocycles. The zero-order valence-corrected chi connectivity index (χ0v) is 10.6. The van der Waals surface area contributed by atoms with Crippen LogP contribution < -0.4 is 0 Å². The van der Waals surface area contributed by atoms with Crippen molar-refractivity contribution >= 4 is 5.78 Å². The Bertz CT molecular complexity index is 391. The van der Waals surface area contributed by atoms with Gasteiger partial charge in [0.25, 0.3) is 0 Å². The first-order valence-electron chi connectivity index (χ1n) is 6.23. The van der Waals surface area contributed by atoms with Gasteiger partial charge in [-0.1, -0.05) is 5.16 Å². The van der Waals surface area contributed by atoms with E-state index in [-0.39, 0.29) is 11.7 Å². The smallest absolute Gasteiger partial charge is 0.237 e. The third kappa shape index (κ3) is 3.36. The molecule has 1 unspecified atom stereocenters. The number of carbonyl (C=O) groups excluding carboxylic acids is 1. The fraction of sp³-hybridized carbons (Fsp3) is 0.750. The van der Waals surface area contributed by atoms with E-state index in [0.29, 0.717) is 44.4 Å². The molecule has 0 aliphatic heterocycles. The van der Waals surface area contributed by atoms with E-state index in [0.717, 1.165) is 12.8 Å². The number of hydrogen-bond acceptors (Lipinski definition) is 6. The fourth-order valence-electron chi connectivity index (χ4n) is 2.00. The van der Waals surface area contributed by atoms with E-state index >= 15 is 0 Å². The van der Waals surface area contributed by atoms with Gasteiger partial charge >= 0.3 is 0 Å². The number of carbonyl (C=O) groups is 1. The molecule has 1 heterocycles. The first kappa shape index (κ1) is 13.2. The van der Waals surface area contributed by atoms with Crippen molar-refractivity contribution in [3.63, 3.8) is 0 Å². The molecule has 1 saturated carbocycles. The monoisotopic (exact) mass is 254 g/mol. The Balaban J connectivity index is 1.77. The molecule has 1 aromatic rings. The summed E-state index contributed by atoms with van der Waals surface area (Å²) in [6.07, 6.45) is 2.96. The Hall–Kier alpha value is -1.27. The van der Waals surface area contributed by atoms with Crippen LogP contribution in [0.25, 0.3) is 0 Å². The maximum Gasteiger partial charge on any atom is 0.237 e. The van der Waals surface area contributed by atoms with Crippen LogP contribution in [0, 0.1) is 0 Å². The lowest BCUT2D eigenvalue weighted by Crippen LogP contribution is -2.07. The van der Waals surface area contributed by atoms with Crippen molar-refractivity contribution in [2.45, 2.75) is 31.6 Å². The van der Waals surface area contributed by atoms with E-state index in [4.69, 9.17) is 14.0 Å². The standard InChI is InChI=1S/C12H18N2O4/c1-16-7-8-17-6-5-11-13-12(18-14-11)9-3-2-4-10(9)15/h9H,2-8H2,1H3. The Morgan fingerprint density at radius 1 is 1.39 bits per heavy atom. The number of aromatic nitrogens is 2. The molecule has 1 aliphatic rings. The van der Waals surface area contributed by atoms with Crippen molar-refractivity contribution in [2.24, 2.45) is 0 Å². The molecule has 0 spiro atoms. The minimum Gasteiger partial charge on any atom is -0.382 e. The summed E-state index contributed by atoms with van der Waals surface area (Å²) in [5.41, 5.74) is 0. The van der Waals surface area contributed by atoms with Crippen LogP contribution in [0.5, 0.6) is 0 Å². The lowest BCUT2D eigenvalue weighted by Gasteiger charge is -2.00. The minimum atomic E-state index is -0.180. The van der Waals surface area contributed by atoms with E-state index < -0.39 is 0 Å². The highest BCUT2D eigenvalue weighted by Crippen LogP contribution is 2.29. The highest BCUT2D eigenvalue weighted by Gasteiger charge is 2.30. The van der Waals surface area contributed by atoms with Crippen molar-refractivity contribution in [1.29, 1.82) is 0 Å². The van der Waals surface area contributed by atoms with Crippen LogP contribution in [0.4, 0.5) is 0 Å². The average Bonchev–Trinajstić information content (AvgIpc) is 2.97. The van der Waals surface area contributed by atoms with Crippen LogP contribution >= 0.6 is 0 Å². The van der Waals surface area contributed by atoms with E-state index in [1.165, 1.54) is 0 Å². The molecule has 100 valence electrons. The Morgan fingerprint density at radius 3 is 3.00 bits per heavy atom. The van der Waals surface area contributed by atoms with Crippen LogP contribution in [0.15, 0.2) is 4.52 Å². The molecular weight excluding hydrogens is 236 g/mol. The SMILES string of the molecule is COCCOCCc1noc(C2CCCC2=O)n1. The van der Waals surface area contributed by atoms with E-state index in [2.05, 4.69) is 10.1 Å². The van der Waals surface area contributed by atoms with Gasteiger partial charge in [-0.3, -0.25) is 4.79 Å². The molecule has 0 bridgehead atoms. The highest BCUT2D eigenvalue weighted by molar-refractivity contribution is 5.86. The summed E-state index contributed by atoms with van der Waals surface area (Å²) in [4.78, 5) is 15.8. The van der Waals surface area contributed by atoms with Gasteiger partial charge in [-0.2, -0.15) is 4.98 Å². The number of rotatable bonds is 7. The molecule has 6 nitrogen and oxygen atoms in total. The molecule has 6 heteroatoms. The first-order chi connectivity index (χ1) is 8.81. The highest BCUT2D eigenvalue weighted by atomic mass is 16.5. The predicted molar refractivity (Wildman–Crippen MR) is 62.3 cm³/mol. The molecule has 0 amide bonds. The first-order valence-corrected chi connectivity index (χ1v) is 6.23. The Morgan fingerprint density at radius 2 is 2.28 bits per heavy atom. The molecule has 0 radical (unpaired) electrons. The van der Waals surface area contributed by atoms with E-state index in [9.17, 15) is 4.79 Å². The molecule has 18 heavy (non-hydrogen) atoms. The van der Waals surface area contributed by atoms with Gasteiger partial charge in [-0.15, -0.1) is 0 Å². The minimum absolute atomic E-state index is 0.180. The maximum atomic E-state index is 11.5. The number of Topliss-reactive ketones (excluding diaryl/α,β-unsaturated/α-hetero) is 1. The maximum absolute atomic E-state index is 11.5. The van der Waals surface area contributed by atoms with Gasteiger partial charge in [-0.25, -0.2) is 0 Å². The molecule has 1 aromatic heterocycles. The number of hydrogen-bond donors (Lipinski definition) is 0. The summed E-state index contributed by atoms with van der Waals surface area (Å²) in [6, 6.07) is 0. The molecule has 2 rings (SSSR count). The van der Waals surface area contributed by atoms with Crippen molar-refractivity contribution < 1.29 is 18.8 Å². The zero-order valence-electron chi connectivity index (χ0n) is 10.6. The van der Waals surface area contributed by atoms with Crippen molar-refractivity contribution in [1.82, 2.24) is 10.1 Å². The van der Waals surface area contributed by atoms with Crippen LogP contribution in [0.3, 0.4) is 0 Å². The van der Waals surface area contributed by atoms with Crippen LogP contribution in [-0.4, -0.2) is 42.9 Å². The summed E-state index contributed by atoms with van der Waals surface area (Å²) >= 11 is 0. The van der Waals surface area contributed by atoms with Gasteiger partial charge < -0.3 is 14.0 Å². The summed E-state index contributed by atoms with van der Waals surface area (Å²) in [6.45, 7) is 1.66. The van der Waals surface area contributed by atoms with E-state index in [1.807, 2.05) is 0 Å². The number of nitrogens with zero attached hydrogens (tertiary/aromatic N) is 2. The van der Waals surface area contributed by atoms with Crippen molar-refractivity contribution in [3.05, 3.63) is 11.7 Å². The Kier molecular flexibility index (Phi) is 4.83. The van der Waals surface area contributed by atoms with Gasteiger partial charge in [0.15, 0.2) is 5.82 Å². The second kappa shape index (κ2) is 6.61. The number of methoxy groups -OCH3 is 1. The third-order valence-electron chi connectivity index (χ3n) is 2.99. The van der Waals surface area contributed by atoms with Gasteiger partial charge in [-0.05, 0) is 12.8 Å². The molecular formula is C12H18N2O4. The van der Waals surface area contributed by atoms with Crippen molar-refractivity contribution in [2.75, 3.05) is 26.9 Å². The largest absolute Gasteiger partial charge is 0.382 e. The normalized spacial score (nSPS) is 19.6. The van der Waals surface area contributed by atoms with Crippen LogP contribution in [0.1, 0.15) is 36.9 Å². The summed E-state index contributed by atoms with van der Waals surface area (Å²) in [5, 5.41) is 3.86. The lowest BCUT2D eigenvalue weighted by atomic mass is 10.1. The zero-order chi connectivity index (χ0) is 12.8. The average molecular weight is 254 g/mol. The third-order valence-corrected chi connectivity index (χ3v) is 2.99. The van der Waals surface area contributed by atoms with Gasteiger partial charge in [0.05, 0.1) is 25.7 Å². The lowest BCUT2D eigenvalue weighted by molar-refractivity contribution is -0.119. The van der Waals surface area contributed by atoms with Gasteiger partial charge in [0.1, 0.15) is 5.78 Å². The molecule has 1 aliphatic carbocycles. The van der Waals surface area contributed by atoms with E-state index in [1.54, 1.807) is 7.11 Å². The van der Waals surface area contributed by atoms with Gasteiger partial charge in [0, 0.05) is 20.0 Å². The van der Waals surface area contributed by atoms with Crippen LogP contribution in [0.2, 0.25) is 0 Å². The summed E-state index contributed by atoms with van der Waals surface area (Å²) in [5.74, 6) is 1.09. The fourth-order valence-corrected chi connectivity index (χ4v) is 2.00. The second-order valence-corrected chi connectivity index (χ2v) is 4.32. The molecule has 1 atom stereocenters. The van der Waals surface area contributed by atoms with Gasteiger partial charge in [0.2, 0.25) is 5.89 Å². The number of ether oxygens (including phenoxy) is 2. The molecule has 0 N–H and O–H groups in total. The molecule has 0 saturated heterocycles. The number of ketones is 1. The van der Waals surface area contributed by atoms with Crippen molar-refractivity contribution in [3.8, 4) is 0 Å². The quantitative estimate of drug-likeness (QED) is 0.679. The topological polar surface area (TPSA) is 74.5 Å². The Labute approximate surface area is 106 Å². The summed E-state index contributed by atoms with van der Waals surface area (Å²) < 4.78 is 15.3. The predicted octanol–water partition coefficient (Wildman–Crippen LogP) is 1.11. The molecule has 1 fully saturated rings. The van der Waals surface area contributed by atoms with Crippen LogP contribution in [-0.2, 0) is 20.7 Å².